The molecule has 0 radical (unpaired) electrons. The lowest BCUT2D eigenvalue weighted by Crippen LogP contribution is -1.96. The highest BCUT2D eigenvalue weighted by atomic mass is 32.1. The van der Waals surface area contributed by atoms with E-state index in [9.17, 15) is 0 Å². The van der Waals surface area contributed by atoms with Gasteiger partial charge in [0.05, 0.1) is 11.2 Å². The molecule has 0 aliphatic carbocycles. The lowest BCUT2D eigenvalue weighted by molar-refractivity contribution is 1.24. The predicted molar refractivity (Wildman–Crippen MR) is 211 cm³/mol. The third-order valence-corrected chi connectivity index (χ3v) is 11.3. The van der Waals surface area contributed by atoms with Gasteiger partial charge in [0.15, 0.2) is 5.82 Å². The molecule has 0 amide bonds. The average molecular weight is 639 g/mol. The van der Waals surface area contributed by atoms with Gasteiger partial charge >= 0.3 is 0 Å². The van der Waals surface area contributed by atoms with E-state index in [1.54, 1.807) is 0 Å². The van der Waals surface area contributed by atoms with Crippen molar-refractivity contribution in [3.8, 4) is 22.6 Å². The Morgan fingerprint density at radius 2 is 0.959 bits per heavy atom. The number of hydrogen-bond acceptors (Lipinski definition) is 3. The molecule has 2 aromatic heterocycles. The average Bonchev–Trinajstić information content (AvgIpc) is 3.55. The van der Waals surface area contributed by atoms with E-state index in [1.165, 1.54) is 68.6 Å². The van der Waals surface area contributed by atoms with Crippen molar-refractivity contribution in [2.24, 2.45) is 0 Å². The molecule has 0 bridgehead atoms. The minimum atomic E-state index is 0.737. The molecule has 0 atom stereocenters. The Bertz CT molecular complexity index is 3160. The molecule has 3 heteroatoms. The molecule has 0 spiro atoms. The Labute approximate surface area is 285 Å². The Morgan fingerprint density at radius 3 is 1.78 bits per heavy atom. The van der Waals surface area contributed by atoms with Crippen LogP contribution in [0.4, 0.5) is 0 Å². The highest BCUT2D eigenvalue weighted by Gasteiger charge is 2.17. The molecule has 0 saturated carbocycles. The van der Waals surface area contributed by atoms with Crippen molar-refractivity contribution in [1.82, 2.24) is 9.97 Å². The lowest BCUT2D eigenvalue weighted by atomic mass is 9.92. The molecule has 0 saturated heterocycles. The number of rotatable bonds is 2. The first-order valence-corrected chi connectivity index (χ1v) is 17.5. The minimum absolute atomic E-state index is 0.737. The number of nitrogens with zero attached hydrogens (tertiary/aromatic N) is 2. The molecule has 226 valence electrons. The number of fused-ring (bicyclic) bond motifs is 14. The van der Waals surface area contributed by atoms with E-state index in [1.807, 2.05) is 11.3 Å². The van der Waals surface area contributed by atoms with Gasteiger partial charge in [0.25, 0.3) is 0 Å². The Balaban J connectivity index is 1.21. The van der Waals surface area contributed by atoms with E-state index >= 15 is 0 Å². The molecule has 2 heterocycles. The maximum Gasteiger partial charge on any atom is 0.160 e. The first kappa shape index (κ1) is 26.9. The van der Waals surface area contributed by atoms with Gasteiger partial charge in [-0.15, -0.1) is 11.3 Å². The highest BCUT2D eigenvalue weighted by Crippen LogP contribution is 2.44. The summed E-state index contributed by atoms with van der Waals surface area (Å²) in [5, 5.41) is 16.2. The Morgan fingerprint density at radius 1 is 0.347 bits per heavy atom. The van der Waals surface area contributed by atoms with Gasteiger partial charge in [-0.1, -0.05) is 127 Å². The van der Waals surface area contributed by atoms with Crippen LogP contribution in [0.25, 0.3) is 108 Å². The molecule has 11 rings (SSSR count). The fourth-order valence-corrected chi connectivity index (χ4v) is 9.08. The summed E-state index contributed by atoms with van der Waals surface area (Å²) in [6.07, 6.45) is 0. The van der Waals surface area contributed by atoms with Crippen LogP contribution in [0, 0.1) is 0 Å². The van der Waals surface area contributed by atoms with Crippen molar-refractivity contribution in [3.05, 3.63) is 158 Å². The second kappa shape index (κ2) is 10.2. The first-order valence-electron chi connectivity index (χ1n) is 16.7. The number of hydrogen-bond donors (Lipinski definition) is 0. The maximum absolute atomic E-state index is 5.29. The summed E-state index contributed by atoms with van der Waals surface area (Å²) in [5.74, 6) is 0.737. The largest absolute Gasteiger partial charge is 0.227 e. The first-order chi connectivity index (χ1) is 24.3. The van der Waals surface area contributed by atoms with E-state index < -0.39 is 0 Å². The third kappa shape index (κ3) is 3.94. The summed E-state index contributed by atoms with van der Waals surface area (Å²) in [6, 6.07) is 57.1. The number of benzene rings is 9. The summed E-state index contributed by atoms with van der Waals surface area (Å²) >= 11 is 1.89. The van der Waals surface area contributed by atoms with E-state index in [4.69, 9.17) is 9.97 Å². The van der Waals surface area contributed by atoms with Crippen molar-refractivity contribution in [3.63, 3.8) is 0 Å². The van der Waals surface area contributed by atoms with Crippen molar-refractivity contribution in [2.45, 2.75) is 0 Å². The summed E-state index contributed by atoms with van der Waals surface area (Å²) in [4.78, 5) is 10.6. The fourth-order valence-electron chi connectivity index (χ4n) is 7.94. The molecule has 0 aliphatic heterocycles. The van der Waals surface area contributed by atoms with Gasteiger partial charge < -0.3 is 0 Å². The van der Waals surface area contributed by atoms with Crippen LogP contribution < -0.4 is 0 Å². The third-order valence-electron chi connectivity index (χ3n) is 10.2. The van der Waals surface area contributed by atoms with E-state index in [0.29, 0.717) is 0 Å². The van der Waals surface area contributed by atoms with Gasteiger partial charge in [-0.2, -0.15) is 0 Å². The van der Waals surface area contributed by atoms with Crippen molar-refractivity contribution in [1.29, 1.82) is 0 Å². The van der Waals surface area contributed by atoms with Crippen LogP contribution in [0.5, 0.6) is 0 Å². The van der Waals surface area contributed by atoms with Crippen LogP contribution in [0.1, 0.15) is 0 Å². The van der Waals surface area contributed by atoms with Crippen LogP contribution in [0.3, 0.4) is 0 Å². The number of aromatic nitrogens is 2. The Hall–Kier alpha value is -6.16. The molecule has 0 N–H and O–H groups in total. The number of thiophene rings is 1. The van der Waals surface area contributed by atoms with Crippen LogP contribution in [-0.2, 0) is 0 Å². The second-order valence-corrected chi connectivity index (χ2v) is 14.0. The zero-order chi connectivity index (χ0) is 32.1. The zero-order valence-corrected chi connectivity index (χ0v) is 27.1. The van der Waals surface area contributed by atoms with E-state index in [-0.39, 0.29) is 0 Å². The lowest BCUT2D eigenvalue weighted by Gasteiger charge is -2.14. The Kier molecular flexibility index (Phi) is 5.57. The smallest absolute Gasteiger partial charge is 0.160 e. The van der Waals surface area contributed by atoms with Crippen LogP contribution in [0.15, 0.2) is 158 Å². The highest BCUT2D eigenvalue weighted by molar-refractivity contribution is 7.26. The van der Waals surface area contributed by atoms with Crippen molar-refractivity contribution < 1.29 is 0 Å². The van der Waals surface area contributed by atoms with Gasteiger partial charge in [0, 0.05) is 42.1 Å². The van der Waals surface area contributed by atoms with Crippen molar-refractivity contribution in [2.75, 3.05) is 0 Å². The summed E-state index contributed by atoms with van der Waals surface area (Å²) in [6.45, 7) is 0. The molecule has 11 aromatic rings. The molecule has 0 fully saturated rings. The van der Waals surface area contributed by atoms with Gasteiger partial charge in [0.2, 0.25) is 0 Å². The standard InChI is InChI=1S/C46H26N2S/c1-2-12-29(13-3-1)44-36-22-18-28-11-5-7-15-32(28)45(36)48-46(47-44)30-19-21-35-37(24-30)33-16-8-9-17-34(33)38-25-40-42(26-39(35)38)49-41-23-20-27-10-4-6-14-31(27)43(40)41/h1-26H. The SMILES string of the molecule is c1ccc(-c2nc(-c3ccc4c(c3)c3ccccc3c3cc5c(cc43)sc3ccc4ccccc4c35)nc3c2ccc2ccccc23)cc1. The van der Waals surface area contributed by atoms with Gasteiger partial charge in [0.1, 0.15) is 0 Å². The van der Waals surface area contributed by atoms with Crippen LogP contribution in [0.2, 0.25) is 0 Å². The predicted octanol–water partition coefficient (Wildman–Crippen LogP) is 13.1. The van der Waals surface area contributed by atoms with Crippen LogP contribution in [-0.4, -0.2) is 9.97 Å². The summed E-state index contributed by atoms with van der Waals surface area (Å²) in [7, 11) is 0. The minimum Gasteiger partial charge on any atom is -0.227 e. The van der Waals surface area contributed by atoms with Crippen molar-refractivity contribution >= 4 is 96.3 Å². The molecule has 49 heavy (non-hydrogen) atoms. The molecule has 9 aromatic carbocycles. The zero-order valence-electron chi connectivity index (χ0n) is 26.3. The monoisotopic (exact) mass is 638 g/mol. The molecular formula is C46H26N2S. The quantitative estimate of drug-likeness (QED) is 0.176. The van der Waals surface area contributed by atoms with Gasteiger partial charge in [-0.05, 0) is 78.8 Å². The molecular weight excluding hydrogens is 613 g/mol. The van der Waals surface area contributed by atoms with E-state index in [2.05, 4.69) is 158 Å². The normalized spacial score (nSPS) is 12.1. The summed E-state index contributed by atoms with van der Waals surface area (Å²) < 4.78 is 2.65. The summed E-state index contributed by atoms with van der Waals surface area (Å²) in [5.41, 5.74) is 4.03. The fraction of sp³-hybridized carbons (Fsp3) is 0. The molecule has 2 nitrogen and oxygen atoms in total. The van der Waals surface area contributed by atoms with Gasteiger partial charge in [-0.25, -0.2) is 9.97 Å². The second-order valence-electron chi connectivity index (χ2n) is 12.9. The van der Waals surface area contributed by atoms with Crippen LogP contribution >= 0.6 is 11.3 Å². The maximum atomic E-state index is 5.29. The van der Waals surface area contributed by atoms with Gasteiger partial charge in [-0.3, -0.25) is 0 Å². The molecule has 0 aliphatic rings. The topological polar surface area (TPSA) is 25.8 Å². The molecule has 0 unspecified atom stereocenters. The van der Waals surface area contributed by atoms with E-state index in [0.717, 1.165) is 38.9 Å².